The fraction of sp³-hybridized carbons (Fsp3) is 0.444. The summed E-state index contributed by atoms with van der Waals surface area (Å²) in [6.45, 7) is 5.62. The lowest BCUT2D eigenvalue weighted by molar-refractivity contribution is -0.115. The third-order valence-corrected chi connectivity index (χ3v) is 1.45. The highest BCUT2D eigenvalue weighted by Crippen LogP contribution is 1.99. The van der Waals surface area contributed by atoms with Crippen LogP contribution >= 0.6 is 0 Å². The Balaban J connectivity index is 2.44. The van der Waals surface area contributed by atoms with E-state index in [0.717, 1.165) is 11.3 Å². The van der Waals surface area contributed by atoms with Gasteiger partial charge in [0.25, 0.3) is 0 Å². The van der Waals surface area contributed by atoms with Gasteiger partial charge in [0.05, 0.1) is 0 Å². The van der Waals surface area contributed by atoms with E-state index in [4.69, 9.17) is 0 Å². The number of nitrogens with one attached hydrogen (secondary N) is 1. The second kappa shape index (κ2) is 3.98. The summed E-state index contributed by atoms with van der Waals surface area (Å²) in [4.78, 5) is 11.2. The molecule has 70 valence electrons. The number of hydrogen-bond acceptors (Lipinski definition) is 3. The van der Waals surface area contributed by atoms with Gasteiger partial charge >= 0.3 is 0 Å². The maximum atomic E-state index is 11.2. The first-order chi connectivity index (χ1) is 6.08. The quantitative estimate of drug-likeness (QED) is 0.605. The molecule has 0 saturated carbocycles. The molecule has 1 aliphatic rings. The van der Waals surface area contributed by atoms with Crippen molar-refractivity contribution in [3.63, 3.8) is 0 Å². The van der Waals surface area contributed by atoms with E-state index in [0.29, 0.717) is 12.3 Å². The molecular formula is C9H13N3O. The van der Waals surface area contributed by atoms with Gasteiger partial charge < -0.3 is 5.32 Å². The van der Waals surface area contributed by atoms with Crippen LogP contribution in [0.3, 0.4) is 0 Å². The van der Waals surface area contributed by atoms with E-state index in [9.17, 15) is 4.79 Å². The van der Waals surface area contributed by atoms with E-state index in [1.165, 1.54) is 6.08 Å². The Morgan fingerprint density at radius 2 is 2.15 bits per heavy atom. The highest BCUT2D eigenvalue weighted by Gasteiger charge is 2.09. The first-order valence-corrected chi connectivity index (χ1v) is 4.14. The second-order valence-corrected chi connectivity index (χ2v) is 3.27. The zero-order valence-electron chi connectivity index (χ0n) is 8.09. The van der Waals surface area contributed by atoms with Crippen molar-refractivity contribution in [1.82, 2.24) is 5.32 Å². The summed E-state index contributed by atoms with van der Waals surface area (Å²) >= 11 is 0. The summed E-state index contributed by atoms with van der Waals surface area (Å²) in [5, 5.41) is 10.3. The Kier molecular flexibility index (Phi) is 2.95. The van der Waals surface area contributed by atoms with Crippen LogP contribution in [-0.4, -0.2) is 17.5 Å². The molecule has 1 amide bonds. The van der Waals surface area contributed by atoms with Gasteiger partial charge in [0.2, 0.25) is 5.91 Å². The fourth-order valence-corrected chi connectivity index (χ4v) is 0.968. The average Bonchev–Trinajstić information content (AvgIpc) is 2.33. The summed E-state index contributed by atoms with van der Waals surface area (Å²) in [5.41, 5.74) is 1.89. The molecule has 4 heteroatoms. The largest absolute Gasteiger partial charge is 0.309 e. The molecule has 0 spiro atoms. The Labute approximate surface area is 77.4 Å². The van der Waals surface area contributed by atoms with E-state index in [2.05, 4.69) is 15.5 Å². The van der Waals surface area contributed by atoms with Crippen LogP contribution in [0.15, 0.2) is 21.9 Å². The van der Waals surface area contributed by atoms with Gasteiger partial charge in [-0.25, -0.2) is 0 Å². The fourth-order valence-electron chi connectivity index (χ4n) is 0.968. The maximum absolute atomic E-state index is 11.2. The van der Waals surface area contributed by atoms with Crippen LogP contribution in [0, 0.1) is 0 Å². The minimum Gasteiger partial charge on any atom is -0.309 e. The molecule has 0 aromatic rings. The van der Waals surface area contributed by atoms with Crippen molar-refractivity contribution < 1.29 is 4.79 Å². The van der Waals surface area contributed by atoms with Gasteiger partial charge in [0, 0.05) is 18.2 Å². The smallest absolute Gasteiger partial charge is 0.249 e. The zero-order valence-corrected chi connectivity index (χ0v) is 8.09. The molecule has 1 rings (SSSR count). The molecule has 0 saturated heterocycles. The third-order valence-electron chi connectivity index (χ3n) is 1.45. The highest BCUT2D eigenvalue weighted by atomic mass is 16.1. The molecule has 0 aliphatic carbocycles. The Hall–Kier alpha value is -1.45. The summed E-state index contributed by atoms with van der Waals surface area (Å²) in [6, 6.07) is 0. The molecular weight excluding hydrogens is 166 g/mol. The van der Waals surface area contributed by atoms with Crippen LogP contribution in [0.25, 0.3) is 0 Å². The number of allylic oxidation sites excluding steroid dienone is 1. The van der Waals surface area contributed by atoms with Crippen molar-refractivity contribution in [2.75, 3.05) is 0 Å². The molecule has 0 aromatic heterocycles. The predicted octanol–water partition coefficient (Wildman–Crippen LogP) is 1.25. The standard InChI is InChI=1S/C9H13N3O/c1-6(2)4-9(13)10-8-5-7(3)11-12-8/h4H,5H2,1-3H3,(H,10,12,13). The zero-order chi connectivity index (χ0) is 9.84. The van der Waals surface area contributed by atoms with Crippen molar-refractivity contribution >= 4 is 17.5 Å². The lowest BCUT2D eigenvalue weighted by atomic mass is 10.3. The molecule has 0 bridgehead atoms. The predicted molar refractivity (Wildman–Crippen MR) is 52.7 cm³/mol. The van der Waals surface area contributed by atoms with Crippen LogP contribution in [0.2, 0.25) is 0 Å². The maximum Gasteiger partial charge on any atom is 0.249 e. The number of carbonyl (C=O) groups excluding carboxylic acids is 1. The minimum atomic E-state index is -0.136. The van der Waals surface area contributed by atoms with Crippen molar-refractivity contribution in [3.8, 4) is 0 Å². The normalized spacial score (nSPS) is 14.7. The monoisotopic (exact) mass is 179 g/mol. The number of amides is 1. The Morgan fingerprint density at radius 1 is 1.46 bits per heavy atom. The van der Waals surface area contributed by atoms with Crippen LogP contribution in [0.5, 0.6) is 0 Å². The summed E-state index contributed by atoms with van der Waals surface area (Å²) in [5.74, 6) is 0.489. The van der Waals surface area contributed by atoms with Gasteiger partial charge in [-0.2, -0.15) is 5.10 Å². The first kappa shape index (κ1) is 9.64. The van der Waals surface area contributed by atoms with Crippen molar-refractivity contribution in [2.24, 2.45) is 10.2 Å². The van der Waals surface area contributed by atoms with E-state index >= 15 is 0 Å². The van der Waals surface area contributed by atoms with Gasteiger partial charge in [0.15, 0.2) is 0 Å². The van der Waals surface area contributed by atoms with Gasteiger partial charge in [-0.15, -0.1) is 5.10 Å². The lowest BCUT2D eigenvalue weighted by Gasteiger charge is -1.99. The number of carbonyl (C=O) groups is 1. The summed E-state index contributed by atoms with van der Waals surface area (Å²) in [7, 11) is 0. The molecule has 0 aromatic carbocycles. The van der Waals surface area contributed by atoms with Crippen molar-refractivity contribution in [2.45, 2.75) is 27.2 Å². The SMILES string of the molecule is CC(C)=CC(=O)NC1=NN=C(C)C1. The molecule has 1 aliphatic heterocycles. The number of amidine groups is 1. The third kappa shape index (κ3) is 3.19. The van der Waals surface area contributed by atoms with Crippen LogP contribution in [0.4, 0.5) is 0 Å². The molecule has 1 heterocycles. The van der Waals surface area contributed by atoms with Crippen LogP contribution in [-0.2, 0) is 4.79 Å². The number of hydrogen-bond donors (Lipinski definition) is 1. The van der Waals surface area contributed by atoms with E-state index in [-0.39, 0.29) is 5.91 Å². The Morgan fingerprint density at radius 3 is 2.62 bits per heavy atom. The molecule has 1 N–H and O–H groups in total. The number of rotatable bonds is 1. The summed E-state index contributed by atoms with van der Waals surface area (Å²) < 4.78 is 0. The molecule has 0 atom stereocenters. The molecule has 0 radical (unpaired) electrons. The van der Waals surface area contributed by atoms with Gasteiger partial charge in [-0.3, -0.25) is 4.79 Å². The molecule has 0 fully saturated rings. The Bertz CT molecular complexity index is 309. The first-order valence-electron chi connectivity index (χ1n) is 4.14. The van der Waals surface area contributed by atoms with Crippen molar-refractivity contribution in [3.05, 3.63) is 11.6 Å². The lowest BCUT2D eigenvalue weighted by Crippen LogP contribution is -2.28. The van der Waals surface area contributed by atoms with Crippen LogP contribution in [0.1, 0.15) is 27.2 Å². The second-order valence-electron chi connectivity index (χ2n) is 3.27. The van der Waals surface area contributed by atoms with E-state index in [1.54, 1.807) is 0 Å². The molecule has 0 unspecified atom stereocenters. The van der Waals surface area contributed by atoms with E-state index < -0.39 is 0 Å². The van der Waals surface area contributed by atoms with Crippen LogP contribution < -0.4 is 5.32 Å². The minimum absolute atomic E-state index is 0.136. The van der Waals surface area contributed by atoms with Gasteiger partial charge in [0.1, 0.15) is 5.84 Å². The van der Waals surface area contributed by atoms with Gasteiger partial charge in [-0.05, 0) is 20.8 Å². The molecule has 4 nitrogen and oxygen atoms in total. The van der Waals surface area contributed by atoms with E-state index in [1.807, 2.05) is 20.8 Å². The highest BCUT2D eigenvalue weighted by molar-refractivity contribution is 6.12. The van der Waals surface area contributed by atoms with Crippen molar-refractivity contribution in [1.29, 1.82) is 0 Å². The average molecular weight is 179 g/mol. The topological polar surface area (TPSA) is 53.8 Å². The summed E-state index contributed by atoms with van der Waals surface area (Å²) in [6.07, 6.45) is 2.18. The van der Waals surface area contributed by atoms with Gasteiger partial charge in [-0.1, -0.05) is 5.57 Å². The molecule has 13 heavy (non-hydrogen) atoms. The number of nitrogens with zero attached hydrogens (tertiary/aromatic N) is 2.